The van der Waals surface area contributed by atoms with E-state index in [0.29, 0.717) is 5.56 Å². The SMILES string of the molecule is NC(CCN1CCCCC1)C(=O)c1ccc2cc[nH]c2c1. The lowest BCUT2D eigenvalue weighted by atomic mass is 10.0. The number of nitrogens with one attached hydrogen (secondary N) is 1. The van der Waals surface area contributed by atoms with Crippen molar-refractivity contribution in [3.05, 3.63) is 36.0 Å². The Bertz CT molecular complexity index is 613. The molecule has 0 bridgehead atoms. The summed E-state index contributed by atoms with van der Waals surface area (Å²) in [6, 6.07) is 7.34. The summed E-state index contributed by atoms with van der Waals surface area (Å²) in [5.41, 5.74) is 7.79. The number of hydrogen-bond donors (Lipinski definition) is 2. The Morgan fingerprint density at radius 1 is 1.24 bits per heavy atom. The summed E-state index contributed by atoms with van der Waals surface area (Å²) in [5, 5.41) is 1.12. The fraction of sp³-hybridized carbons (Fsp3) is 0.471. The molecule has 0 amide bonds. The van der Waals surface area contributed by atoms with Gasteiger partial charge >= 0.3 is 0 Å². The molecule has 1 aromatic carbocycles. The molecule has 1 saturated heterocycles. The second-order valence-corrected chi connectivity index (χ2v) is 5.94. The quantitative estimate of drug-likeness (QED) is 0.830. The molecule has 2 aromatic rings. The van der Waals surface area contributed by atoms with Gasteiger partial charge in [-0.15, -0.1) is 0 Å². The van der Waals surface area contributed by atoms with Crippen LogP contribution in [-0.4, -0.2) is 41.3 Å². The zero-order chi connectivity index (χ0) is 14.7. The third-order valence-electron chi connectivity index (χ3n) is 4.38. The van der Waals surface area contributed by atoms with Crippen LogP contribution in [0.4, 0.5) is 0 Å². The van der Waals surface area contributed by atoms with E-state index < -0.39 is 6.04 Å². The predicted molar refractivity (Wildman–Crippen MR) is 85.5 cm³/mol. The largest absolute Gasteiger partial charge is 0.361 e. The number of benzene rings is 1. The van der Waals surface area contributed by atoms with Gasteiger partial charge in [0.2, 0.25) is 0 Å². The van der Waals surface area contributed by atoms with Gasteiger partial charge in [-0.05, 0) is 49.9 Å². The fourth-order valence-electron chi connectivity index (χ4n) is 3.05. The van der Waals surface area contributed by atoms with Gasteiger partial charge in [0.1, 0.15) is 0 Å². The van der Waals surface area contributed by atoms with Crippen molar-refractivity contribution >= 4 is 16.7 Å². The second kappa shape index (κ2) is 6.41. The molecule has 0 saturated carbocycles. The summed E-state index contributed by atoms with van der Waals surface area (Å²) in [7, 11) is 0. The molecule has 0 aliphatic carbocycles. The van der Waals surface area contributed by atoms with E-state index in [1.165, 1.54) is 19.3 Å². The van der Waals surface area contributed by atoms with Gasteiger partial charge in [0.15, 0.2) is 5.78 Å². The monoisotopic (exact) mass is 285 g/mol. The average molecular weight is 285 g/mol. The number of nitrogens with zero attached hydrogens (tertiary/aromatic N) is 1. The van der Waals surface area contributed by atoms with Crippen LogP contribution in [0.3, 0.4) is 0 Å². The molecule has 4 nitrogen and oxygen atoms in total. The number of hydrogen-bond acceptors (Lipinski definition) is 3. The maximum absolute atomic E-state index is 12.4. The number of Topliss-reactive ketones (excluding diaryl/α,β-unsaturated/α-hetero) is 1. The molecular weight excluding hydrogens is 262 g/mol. The van der Waals surface area contributed by atoms with Crippen molar-refractivity contribution in [2.75, 3.05) is 19.6 Å². The molecule has 1 aromatic heterocycles. The van der Waals surface area contributed by atoms with Crippen LogP contribution in [-0.2, 0) is 0 Å². The third-order valence-corrected chi connectivity index (χ3v) is 4.38. The highest BCUT2D eigenvalue weighted by molar-refractivity contribution is 6.02. The summed E-state index contributed by atoms with van der Waals surface area (Å²) in [5.74, 6) is 0.0449. The van der Waals surface area contributed by atoms with Gasteiger partial charge in [0, 0.05) is 23.8 Å². The Morgan fingerprint density at radius 2 is 2.05 bits per heavy atom. The van der Waals surface area contributed by atoms with E-state index in [9.17, 15) is 4.79 Å². The average Bonchev–Trinajstić information content (AvgIpc) is 3.00. The van der Waals surface area contributed by atoms with Crippen LogP contribution in [0.1, 0.15) is 36.0 Å². The lowest BCUT2D eigenvalue weighted by Gasteiger charge is -2.27. The first-order valence-corrected chi connectivity index (χ1v) is 7.83. The molecule has 1 aliphatic heterocycles. The Labute approximate surface area is 125 Å². The van der Waals surface area contributed by atoms with Gasteiger partial charge < -0.3 is 15.6 Å². The predicted octanol–water partition coefficient (Wildman–Crippen LogP) is 2.55. The van der Waals surface area contributed by atoms with E-state index in [0.717, 1.165) is 37.0 Å². The lowest BCUT2D eigenvalue weighted by Crippen LogP contribution is -2.37. The number of H-pyrrole nitrogens is 1. The summed E-state index contributed by atoms with van der Waals surface area (Å²) >= 11 is 0. The highest BCUT2D eigenvalue weighted by atomic mass is 16.1. The minimum Gasteiger partial charge on any atom is -0.361 e. The van der Waals surface area contributed by atoms with E-state index >= 15 is 0 Å². The van der Waals surface area contributed by atoms with Crippen molar-refractivity contribution in [1.82, 2.24) is 9.88 Å². The molecule has 0 spiro atoms. The van der Waals surface area contributed by atoms with Crippen LogP contribution in [0.25, 0.3) is 10.9 Å². The summed E-state index contributed by atoms with van der Waals surface area (Å²) in [6.45, 7) is 3.22. The van der Waals surface area contributed by atoms with Crippen LogP contribution >= 0.6 is 0 Å². The van der Waals surface area contributed by atoms with Gasteiger partial charge in [-0.3, -0.25) is 4.79 Å². The molecule has 2 heterocycles. The molecule has 21 heavy (non-hydrogen) atoms. The van der Waals surface area contributed by atoms with Crippen molar-refractivity contribution in [1.29, 1.82) is 0 Å². The van der Waals surface area contributed by atoms with Crippen molar-refractivity contribution in [2.24, 2.45) is 5.73 Å². The number of nitrogens with two attached hydrogens (primary N) is 1. The van der Waals surface area contributed by atoms with Crippen LogP contribution in [0, 0.1) is 0 Å². The van der Waals surface area contributed by atoms with Gasteiger partial charge in [-0.2, -0.15) is 0 Å². The minimum atomic E-state index is -0.403. The Morgan fingerprint density at radius 3 is 2.86 bits per heavy atom. The number of likely N-dealkylation sites (tertiary alicyclic amines) is 1. The zero-order valence-electron chi connectivity index (χ0n) is 12.3. The number of carbonyl (C=O) groups is 1. The van der Waals surface area contributed by atoms with E-state index in [-0.39, 0.29) is 5.78 Å². The van der Waals surface area contributed by atoms with Crippen LogP contribution in [0.15, 0.2) is 30.5 Å². The number of ketones is 1. The summed E-state index contributed by atoms with van der Waals surface area (Å²) in [6.07, 6.45) is 6.49. The normalized spacial score (nSPS) is 18.0. The summed E-state index contributed by atoms with van der Waals surface area (Å²) in [4.78, 5) is 18.0. The molecular formula is C17H23N3O. The molecule has 0 radical (unpaired) electrons. The van der Waals surface area contributed by atoms with Gasteiger partial charge in [0.05, 0.1) is 6.04 Å². The lowest BCUT2D eigenvalue weighted by molar-refractivity contribution is 0.0948. The van der Waals surface area contributed by atoms with Gasteiger partial charge in [-0.1, -0.05) is 18.6 Å². The standard InChI is InChI=1S/C17H23N3O/c18-15(7-11-20-9-2-1-3-10-20)17(21)14-5-4-13-6-8-19-16(13)12-14/h4-6,8,12,15,19H,1-3,7,9-11,18H2. The molecule has 1 unspecified atom stereocenters. The van der Waals surface area contributed by atoms with Crippen molar-refractivity contribution in [3.63, 3.8) is 0 Å². The van der Waals surface area contributed by atoms with E-state index in [1.54, 1.807) is 0 Å². The van der Waals surface area contributed by atoms with Crippen molar-refractivity contribution in [2.45, 2.75) is 31.7 Å². The van der Waals surface area contributed by atoms with Gasteiger partial charge in [-0.25, -0.2) is 0 Å². The molecule has 1 atom stereocenters. The van der Waals surface area contributed by atoms with Crippen LogP contribution in [0.5, 0.6) is 0 Å². The number of aromatic amines is 1. The smallest absolute Gasteiger partial charge is 0.179 e. The summed E-state index contributed by atoms with van der Waals surface area (Å²) < 4.78 is 0. The van der Waals surface area contributed by atoms with Crippen LogP contribution < -0.4 is 5.73 Å². The number of piperidine rings is 1. The van der Waals surface area contributed by atoms with Gasteiger partial charge in [0.25, 0.3) is 0 Å². The Hall–Kier alpha value is -1.65. The molecule has 1 fully saturated rings. The minimum absolute atomic E-state index is 0.0449. The van der Waals surface area contributed by atoms with Crippen LogP contribution in [0.2, 0.25) is 0 Å². The fourth-order valence-corrected chi connectivity index (χ4v) is 3.05. The van der Waals surface area contributed by atoms with E-state index in [4.69, 9.17) is 5.73 Å². The van der Waals surface area contributed by atoms with E-state index in [2.05, 4.69) is 9.88 Å². The first-order chi connectivity index (χ1) is 10.2. The molecule has 1 aliphatic rings. The molecule has 3 rings (SSSR count). The number of carbonyl (C=O) groups excluding carboxylic acids is 1. The first-order valence-electron chi connectivity index (χ1n) is 7.83. The van der Waals surface area contributed by atoms with Crippen molar-refractivity contribution < 1.29 is 4.79 Å². The Kier molecular flexibility index (Phi) is 4.36. The molecule has 4 heteroatoms. The third kappa shape index (κ3) is 3.34. The molecule has 112 valence electrons. The number of aromatic nitrogens is 1. The first kappa shape index (κ1) is 14.3. The van der Waals surface area contributed by atoms with Crippen molar-refractivity contribution in [3.8, 4) is 0 Å². The highest BCUT2D eigenvalue weighted by Crippen LogP contribution is 2.16. The number of rotatable bonds is 5. The highest BCUT2D eigenvalue weighted by Gasteiger charge is 2.18. The number of fused-ring (bicyclic) bond motifs is 1. The second-order valence-electron chi connectivity index (χ2n) is 5.94. The maximum atomic E-state index is 12.4. The molecule has 3 N–H and O–H groups in total. The Balaban J connectivity index is 1.60. The zero-order valence-corrected chi connectivity index (χ0v) is 12.3. The maximum Gasteiger partial charge on any atom is 0.179 e. The topological polar surface area (TPSA) is 62.1 Å². The van der Waals surface area contributed by atoms with E-state index in [1.807, 2.05) is 30.5 Å².